The normalized spacial score (nSPS) is 6.40. The van der Waals surface area contributed by atoms with Crippen molar-refractivity contribution in [3.63, 3.8) is 0 Å². The number of hydrogen-bond acceptors (Lipinski definition) is 1. The first kappa shape index (κ1) is 4.92. The highest BCUT2D eigenvalue weighted by Crippen LogP contribution is 1.81. The molecule has 0 heterocycles. The third-order valence-corrected chi connectivity index (χ3v) is 0.545. The van der Waals surface area contributed by atoms with Gasteiger partial charge in [0.15, 0.2) is 0 Å². The lowest BCUT2D eigenvalue weighted by Crippen LogP contribution is -1.59. The molecule has 28 valence electrons. The molecule has 0 amide bonds. The highest BCUT2D eigenvalue weighted by atomic mass is 31.0. The summed E-state index contributed by atoms with van der Waals surface area (Å²) in [6.45, 7) is 0. The molecule has 1 atom stereocenters. The predicted molar refractivity (Wildman–Crippen MR) is 24.8 cm³/mol. The van der Waals surface area contributed by atoms with Gasteiger partial charge in [0, 0.05) is 6.42 Å². The Kier molecular flexibility index (Phi) is 3.86. The van der Waals surface area contributed by atoms with Gasteiger partial charge in [0.1, 0.15) is 0 Å². The van der Waals surface area contributed by atoms with Crippen molar-refractivity contribution in [2.24, 2.45) is 0 Å². The maximum Gasteiger partial charge on any atom is 0.0625 e. The lowest BCUT2D eigenvalue weighted by Gasteiger charge is -1.66. The minimum absolute atomic E-state index is 0.657. The first-order chi connectivity index (χ1) is 2.41. The largest absolute Gasteiger partial charge is 0.198 e. The molecule has 1 unspecified atom stereocenters. The molecule has 2 heteroatoms. The van der Waals surface area contributed by atoms with E-state index in [0.29, 0.717) is 6.42 Å². The molecule has 0 spiro atoms. The molecule has 1 nitrogen and oxygen atoms in total. The molecule has 0 bridgehead atoms. The van der Waals surface area contributed by atoms with Gasteiger partial charge in [0.2, 0.25) is 0 Å². The standard InChI is InChI=1S/C3H6NP/c4-2-1-3-5/h1,3,5H2. The summed E-state index contributed by atoms with van der Waals surface area (Å²) in [5.74, 6) is 0. The van der Waals surface area contributed by atoms with E-state index in [1.807, 2.05) is 6.07 Å². The zero-order valence-electron chi connectivity index (χ0n) is 2.94. The lowest BCUT2D eigenvalue weighted by molar-refractivity contribution is 1.24. The molecule has 5 heavy (non-hydrogen) atoms. The monoisotopic (exact) mass is 87.0 g/mol. The van der Waals surface area contributed by atoms with E-state index in [9.17, 15) is 0 Å². The molecule has 0 N–H and O–H groups in total. The maximum atomic E-state index is 7.80. The number of nitrogens with zero attached hydrogens (tertiary/aromatic N) is 1. The second-order valence-electron chi connectivity index (χ2n) is 0.697. The fraction of sp³-hybridized carbons (Fsp3) is 0.667. The van der Waals surface area contributed by atoms with Crippen LogP contribution in [0.4, 0.5) is 0 Å². The van der Waals surface area contributed by atoms with Crippen molar-refractivity contribution in [2.75, 3.05) is 6.16 Å². The minimum atomic E-state index is 0.657. The Hall–Kier alpha value is -0.0800. The van der Waals surface area contributed by atoms with Crippen LogP contribution in [0.5, 0.6) is 0 Å². The molecule has 0 saturated heterocycles. The summed E-state index contributed by atoms with van der Waals surface area (Å²) >= 11 is 0. The second kappa shape index (κ2) is 3.92. The van der Waals surface area contributed by atoms with Crippen molar-refractivity contribution in [2.45, 2.75) is 6.42 Å². The van der Waals surface area contributed by atoms with Crippen LogP contribution in [0.25, 0.3) is 0 Å². The van der Waals surface area contributed by atoms with Gasteiger partial charge in [0.25, 0.3) is 0 Å². The Morgan fingerprint density at radius 2 is 2.40 bits per heavy atom. The lowest BCUT2D eigenvalue weighted by atomic mass is 10.6. The average Bonchev–Trinajstić information content (AvgIpc) is 1.41. The van der Waals surface area contributed by atoms with Crippen LogP contribution in [0.1, 0.15) is 6.42 Å². The summed E-state index contributed by atoms with van der Waals surface area (Å²) in [5.41, 5.74) is 0. The van der Waals surface area contributed by atoms with E-state index in [-0.39, 0.29) is 0 Å². The van der Waals surface area contributed by atoms with Gasteiger partial charge in [-0.25, -0.2) is 0 Å². The number of rotatable bonds is 1. The maximum absolute atomic E-state index is 7.80. The molecule has 0 aromatic carbocycles. The van der Waals surface area contributed by atoms with Gasteiger partial charge in [-0.2, -0.15) is 5.26 Å². The molecule has 0 radical (unpaired) electrons. The minimum Gasteiger partial charge on any atom is -0.198 e. The van der Waals surface area contributed by atoms with Crippen LogP contribution in [0.2, 0.25) is 0 Å². The summed E-state index contributed by atoms with van der Waals surface area (Å²) in [7, 11) is 2.48. The first-order valence-electron chi connectivity index (χ1n) is 1.49. The summed E-state index contributed by atoms with van der Waals surface area (Å²) < 4.78 is 0. The molecule has 0 rings (SSSR count). The highest BCUT2D eigenvalue weighted by molar-refractivity contribution is 7.16. The smallest absolute Gasteiger partial charge is 0.0625 e. The first-order valence-corrected chi connectivity index (χ1v) is 2.30. The van der Waals surface area contributed by atoms with Crippen molar-refractivity contribution < 1.29 is 0 Å². The topological polar surface area (TPSA) is 23.8 Å². The fourth-order valence-corrected chi connectivity index (χ4v) is 0.194. The quantitative estimate of drug-likeness (QED) is 0.433. The predicted octanol–water partition coefficient (Wildman–Crippen LogP) is 0.775. The van der Waals surface area contributed by atoms with Crippen LogP contribution in [0.15, 0.2) is 0 Å². The molecule has 0 aliphatic rings. The van der Waals surface area contributed by atoms with Gasteiger partial charge in [-0.1, -0.05) is 0 Å². The van der Waals surface area contributed by atoms with E-state index < -0.39 is 0 Å². The van der Waals surface area contributed by atoms with Crippen LogP contribution in [-0.4, -0.2) is 6.16 Å². The van der Waals surface area contributed by atoms with E-state index in [1.54, 1.807) is 0 Å². The van der Waals surface area contributed by atoms with Crippen LogP contribution in [0, 0.1) is 11.3 Å². The molecular weight excluding hydrogens is 81.0 g/mol. The summed E-state index contributed by atoms with van der Waals surface area (Å²) in [6, 6.07) is 2.00. The molecular formula is C3H6NP. The van der Waals surface area contributed by atoms with Crippen molar-refractivity contribution in [1.29, 1.82) is 5.26 Å². The van der Waals surface area contributed by atoms with E-state index in [4.69, 9.17) is 5.26 Å². The van der Waals surface area contributed by atoms with Crippen molar-refractivity contribution >= 4 is 9.24 Å². The molecule has 0 aliphatic carbocycles. The van der Waals surface area contributed by atoms with E-state index in [0.717, 1.165) is 6.16 Å². The summed E-state index contributed by atoms with van der Waals surface area (Å²) in [5, 5.41) is 7.80. The van der Waals surface area contributed by atoms with Crippen molar-refractivity contribution in [3.8, 4) is 6.07 Å². The van der Waals surface area contributed by atoms with Gasteiger partial charge < -0.3 is 0 Å². The van der Waals surface area contributed by atoms with Crippen molar-refractivity contribution in [1.82, 2.24) is 0 Å². The van der Waals surface area contributed by atoms with E-state index >= 15 is 0 Å². The molecule has 0 aliphatic heterocycles. The Balaban J connectivity index is 2.48. The zero-order valence-corrected chi connectivity index (χ0v) is 4.09. The van der Waals surface area contributed by atoms with Crippen molar-refractivity contribution in [3.05, 3.63) is 0 Å². The zero-order chi connectivity index (χ0) is 4.12. The van der Waals surface area contributed by atoms with Crippen LogP contribution < -0.4 is 0 Å². The van der Waals surface area contributed by atoms with Gasteiger partial charge in [-0.15, -0.1) is 9.24 Å². The molecule has 0 saturated carbocycles. The molecule has 0 aromatic heterocycles. The Morgan fingerprint density at radius 1 is 1.80 bits per heavy atom. The van der Waals surface area contributed by atoms with Gasteiger partial charge >= 0.3 is 0 Å². The summed E-state index contributed by atoms with van der Waals surface area (Å²) in [4.78, 5) is 0. The fourth-order valence-electron chi connectivity index (χ4n) is 0.0645. The van der Waals surface area contributed by atoms with Gasteiger partial charge in [-0.05, 0) is 6.16 Å². The Labute approximate surface area is 34.2 Å². The Morgan fingerprint density at radius 3 is 2.40 bits per heavy atom. The Bertz CT molecular complexity index is 45.3. The SMILES string of the molecule is N#CCCP. The van der Waals surface area contributed by atoms with E-state index in [2.05, 4.69) is 9.24 Å². The third kappa shape index (κ3) is 3.92. The van der Waals surface area contributed by atoms with Crippen LogP contribution in [-0.2, 0) is 0 Å². The molecule has 0 aromatic rings. The summed E-state index contributed by atoms with van der Waals surface area (Å²) in [6.07, 6.45) is 1.56. The van der Waals surface area contributed by atoms with Gasteiger partial charge in [0.05, 0.1) is 6.07 Å². The third-order valence-electron chi connectivity index (χ3n) is 0.256. The second-order valence-corrected chi connectivity index (χ2v) is 1.27. The number of nitriles is 1. The highest BCUT2D eigenvalue weighted by Gasteiger charge is 1.65. The van der Waals surface area contributed by atoms with Gasteiger partial charge in [-0.3, -0.25) is 0 Å². The van der Waals surface area contributed by atoms with Crippen LogP contribution in [0.3, 0.4) is 0 Å². The average molecular weight is 87.1 g/mol. The van der Waals surface area contributed by atoms with Crippen LogP contribution >= 0.6 is 9.24 Å². The van der Waals surface area contributed by atoms with E-state index in [1.165, 1.54) is 0 Å². The number of hydrogen-bond donors (Lipinski definition) is 0. The molecule has 0 fully saturated rings.